The van der Waals surface area contributed by atoms with E-state index in [1.54, 1.807) is 19.1 Å². The topological polar surface area (TPSA) is 74.6 Å². The quantitative estimate of drug-likeness (QED) is 0.633. The third-order valence-electron chi connectivity index (χ3n) is 3.58. The van der Waals surface area contributed by atoms with Gasteiger partial charge in [0, 0.05) is 17.0 Å². The van der Waals surface area contributed by atoms with Crippen LogP contribution in [-0.4, -0.2) is 22.8 Å². The first-order valence-electron chi connectivity index (χ1n) is 7.28. The van der Waals surface area contributed by atoms with E-state index in [0.29, 0.717) is 11.8 Å². The largest absolute Gasteiger partial charge is 0.507 e. The molecule has 2 N–H and O–H groups in total. The SMILES string of the molecule is CC(C=O)Cc1c(C=O)cc(O)c(C=Cc2ccccc2)c1O. The summed E-state index contributed by atoms with van der Waals surface area (Å²) in [7, 11) is 0. The summed E-state index contributed by atoms with van der Waals surface area (Å²) in [5.41, 5.74) is 1.69. The molecule has 0 saturated heterocycles. The summed E-state index contributed by atoms with van der Waals surface area (Å²) in [6, 6.07) is 10.7. The lowest BCUT2D eigenvalue weighted by Crippen LogP contribution is -2.05. The molecule has 2 aromatic carbocycles. The van der Waals surface area contributed by atoms with Gasteiger partial charge in [0.05, 0.1) is 5.56 Å². The molecule has 0 spiro atoms. The minimum Gasteiger partial charge on any atom is -0.507 e. The molecule has 0 aliphatic heterocycles. The van der Waals surface area contributed by atoms with Crippen molar-refractivity contribution in [3.8, 4) is 11.5 Å². The van der Waals surface area contributed by atoms with Crippen molar-refractivity contribution in [3.05, 3.63) is 58.7 Å². The van der Waals surface area contributed by atoms with E-state index in [-0.39, 0.29) is 35.0 Å². The summed E-state index contributed by atoms with van der Waals surface area (Å²) in [5.74, 6) is -0.692. The predicted octanol–water partition coefficient (Wildman–Crippen LogP) is 3.46. The van der Waals surface area contributed by atoms with Gasteiger partial charge in [-0.3, -0.25) is 4.79 Å². The molecule has 4 heteroatoms. The Morgan fingerprint density at radius 3 is 2.39 bits per heavy atom. The maximum Gasteiger partial charge on any atom is 0.150 e. The highest BCUT2D eigenvalue weighted by molar-refractivity contribution is 5.85. The zero-order valence-corrected chi connectivity index (χ0v) is 12.8. The van der Waals surface area contributed by atoms with Gasteiger partial charge in [-0.15, -0.1) is 0 Å². The second-order valence-corrected chi connectivity index (χ2v) is 5.41. The number of benzene rings is 2. The maximum atomic E-state index is 11.2. The minimum absolute atomic E-state index is 0.173. The van der Waals surface area contributed by atoms with Crippen molar-refractivity contribution < 1.29 is 19.8 Å². The fourth-order valence-electron chi connectivity index (χ4n) is 2.33. The molecule has 0 aliphatic rings. The number of carbonyl (C=O) groups excluding carboxylic acids is 2. The zero-order valence-electron chi connectivity index (χ0n) is 12.8. The minimum atomic E-state index is -0.338. The average Bonchev–Trinajstić information content (AvgIpc) is 2.57. The monoisotopic (exact) mass is 310 g/mol. The molecule has 0 radical (unpaired) electrons. The van der Waals surface area contributed by atoms with Gasteiger partial charge in [0.2, 0.25) is 0 Å². The standard InChI is InChI=1S/C19H18O4/c1-13(11-20)9-17-15(12-21)10-18(22)16(19(17)23)8-7-14-5-3-2-4-6-14/h2-8,10-13,22-23H,9H2,1H3. The van der Waals surface area contributed by atoms with Crippen molar-refractivity contribution in [2.45, 2.75) is 13.3 Å². The van der Waals surface area contributed by atoms with E-state index >= 15 is 0 Å². The molecule has 0 bridgehead atoms. The molecule has 2 rings (SSSR count). The lowest BCUT2D eigenvalue weighted by atomic mass is 9.94. The number of rotatable bonds is 6. The molecule has 1 atom stereocenters. The van der Waals surface area contributed by atoms with Crippen LogP contribution in [0.2, 0.25) is 0 Å². The van der Waals surface area contributed by atoms with Crippen LogP contribution in [0.3, 0.4) is 0 Å². The first-order chi connectivity index (χ1) is 11.1. The van der Waals surface area contributed by atoms with Crippen LogP contribution in [0.4, 0.5) is 0 Å². The predicted molar refractivity (Wildman–Crippen MR) is 89.5 cm³/mol. The van der Waals surface area contributed by atoms with Gasteiger partial charge >= 0.3 is 0 Å². The van der Waals surface area contributed by atoms with E-state index in [2.05, 4.69) is 0 Å². The fraction of sp³-hybridized carbons (Fsp3) is 0.158. The van der Waals surface area contributed by atoms with Crippen LogP contribution in [-0.2, 0) is 11.2 Å². The van der Waals surface area contributed by atoms with Gasteiger partial charge in [-0.1, -0.05) is 43.3 Å². The van der Waals surface area contributed by atoms with E-state index in [4.69, 9.17) is 0 Å². The number of aromatic hydroxyl groups is 2. The van der Waals surface area contributed by atoms with Gasteiger partial charge in [-0.25, -0.2) is 0 Å². The third kappa shape index (κ3) is 3.86. The molecule has 23 heavy (non-hydrogen) atoms. The normalized spacial score (nSPS) is 12.2. The Balaban J connectivity index is 2.47. The lowest BCUT2D eigenvalue weighted by Gasteiger charge is -2.13. The van der Waals surface area contributed by atoms with E-state index in [1.807, 2.05) is 30.3 Å². The van der Waals surface area contributed by atoms with Crippen LogP contribution < -0.4 is 0 Å². The van der Waals surface area contributed by atoms with Crippen LogP contribution in [0.1, 0.15) is 34.0 Å². The Bertz CT molecular complexity index is 733. The first-order valence-corrected chi connectivity index (χ1v) is 7.28. The number of carbonyl (C=O) groups is 2. The second-order valence-electron chi connectivity index (χ2n) is 5.41. The lowest BCUT2D eigenvalue weighted by molar-refractivity contribution is -0.110. The van der Waals surface area contributed by atoms with Crippen molar-refractivity contribution in [2.24, 2.45) is 5.92 Å². The van der Waals surface area contributed by atoms with Crippen LogP contribution in [0.15, 0.2) is 36.4 Å². The molecule has 4 nitrogen and oxygen atoms in total. The Morgan fingerprint density at radius 1 is 1.09 bits per heavy atom. The molecule has 0 saturated carbocycles. The van der Waals surface area contributed by atoms with Crippen molar-refractivity contribution in [3.63, 3.8) is 0 Å². The Hall–Kier alpha value is -2.88. The van der Waals surface area contributed by atoms with Crippen molar-refractivity contribution >= 4 is 24.7 Å². The molecule has 0 fully saturated rings. The molecule has 0 heterocycles. The second kappa shape index (κ2) is 7.40. The van der Waals surface area contributed by atoms with Gasteiger partial charge in [0.15, 0.2) is 6.29 Å². The maximum absolute atomic E-state index is 11.2. The van der Waals surface area contributed by atoms with Crippen LogP contribution in [0, 0.1) is 5.92 Å². The average molecular weight is 310 g/mol. The number of hydrogen-bond acceptors (Lipinski definition) is 4. The molecule has 0 aliphatic carbocycles. The van der Waals surface area contributed by atoms with Crippen LogP contribution in [0.5, 0.6) is 11.5 Å². The Kier molecular flexibility index (Phi) is 5.31. The van der Waals surface area contributed by atoms with Crippen LogP contribution in [0.25, 0.3) is 12.2 Å². The van der Waals surface area contributed by atoms with E-state index < -0.39 is 0 Å². The molecule has 2 aromatic rings. The van der Waals surface area contributed by atoms with Gasteiger partial charge in [-0.2, -0.15) is 0 Å². The third-order valence-corrected chi connectivity index (χ3v) is 3.58. The highest BCUT2D eigenvalue weighted by Crippen LogP contribution is 2.35. The summed E-state index contributed by atoms with van der Waals surface area (Å²) in [6.07, 6.45) is 4.90. The molecule has 0 aromatic heterocycles. The smallest absolute Gasteiger partial charge is 0.150 e. The molecular formula is C19H18O4. The molecule has 1 unspecified atom stereocenters. The Labute approximate surface area is 134 Å². The van der Waals surface area contributed by atoms with Gasteiger partial charge in [0.25, 0.3) is 0 Å². The summed E-state index contributed by atoms with van der Waals surface area (Å²) in [6.45, 7) is 1.70. The molecule has 0 amide bonds. The van der Waals surface area contributed by atoms with Gasteiger partial charge < -0.3 is 15.0 Å². The fourth-order valence-corrected chi connectivity index (χ4v) is 2.33. The number of phenolic OH excluding ortho intramolecular Hbond substituents is 2. The molecular weight excluding hydrogens is 292 g/mol. The van der Waals surface area contributed by atoms with Gasteiger partial charge in [-0.05, 0) is 24.1 Å². The first kappa shape index (κ1) is 16.5. The number of phenols is 2. The Morgan fingerprint density at radius 2 is 1.78 bits per heavy atom. The summed E-state index contributed by atoms with van der Waals surface area (Å²) in [5, 5.41) is 20.5. The van der Waals surface area contributed by atoms with E-state index in [0.717, 1.165) is 11.8 Å². The van der Waals surface area contributed by atoms with Crippen molar-refractivity contribution in [1.29, 1.82) is 0 Å². The highest BCUT2D eigenvalue weighted by atomic mass is 16.3. The summed E-state index contributed by atoms with van der Waals surface area (Å²) < 4.78 is 0. The van der Waals surface area contributed by atoms with Crippen molar-refractivity contribution in [2.75, 3.05) is 0 Å². The number of hydrogen-bond donors (Lipinski definition) is 2. The highest BCUT2D eigenvalue weighted by Gasteiger charge is 2.17. The number of aldehydes is 2. The summed E-state index contributed by atoms with van der Waals surface area (Å²) in [4.78, 5) is 22.0. The zero-order chi connectivity index (χ0) is 16.8. The van der Waals surface area contributed by atoms with Crippen molar-refractivity contribution in [1.82, 2.24) is 0 Å². The molecule has 118 valence electrons. The van der Waals surface area contributed by atoms with E-state index in [1.165, 1.54) is 6.07 Å². The van der Waals surface area contributed by atoms with Crippen LogP contribution >= 0.6 is 0 Å². The van der Waals surface area contributed by atoms with E-state index in [9.17, 15) is 19.8 Å². The summed E-state index contributed by atoms with van der Waals surface area (Å²) >= 11 is 0. The van der Waals surface area contributed by atoms with Gasteiger partial charge in [0.1, 0.15) is 17.8 Å².